The molecule has 0 heterocycles. The summed E-state index contributed by atoms with van der Waals surface area (Å²) in [5.41, 5.74) is 4.55. The molecule has 2 heteroatoms. The average Bonchev–Trinajstić information content (AvgIpc) is 2.91. The maximum Gasteiger partial charge on any atom is 0.158 e. The molecule has 0 aliphatic heterocycles. The second kappa shape index (κ2) is 16.6. The van der Waals surface area contributed by atoms with Crippen LogP contribution in [0.4, 0.5) is 0 Å². The molecule has 2 rings (SSSR count). The molecule has 0 spiro atoms. The highest BCUT2D eigenvalue weighted by Gasteiger charge is 2.31. The molecule has 0 amide bonds. The summed E-state index contributed by atoms with van der Waals surface area (Å²) in [6, 6.07) is 0. The zero-order chi connectivity index (χ0) is 31.5. The van der Waals surface area contributed by atoms with Crippen molar-refractivity contribution in [3.63, 3.8) is 0 Å². The van der Waals surface area contributed by atoms with E-state index in [2.05, 4.69) is 104 Å². The quantitative estimate of drug-likeness (QED) is 0.182. The summed E-state index contributed by atoms with van der Waals surface area (Å²) in [6.07, 6.45) is 28.9. The molecule has 2 nitrogen and oxygen atoms in total. The van der Waals surface area contributed by atoms with Crippen LogP contribution < -0.4 is 0 Å². The SMILES string of the molecule is CC1=C(/C=C/C(C)/C=C/CC(C)/C=C/CCC(C)CCCC(C)/C=C/C2=C(C)C(=O)CCC2(C)C)C(C)(C)CCC1=O. The van der Waals surface area contributed by atoms with E-state index in [0.29, 0.717) is 42.2 Å². The number of rotatable bonds is 15. The van der Waals surface area contributed by atoms with Crippen LogP contribution in [0.25, 0.3) is 0 Å². The monoisotopic (exact) mass is 574 g/mol. The van der Waals surface area contributed by atoms with Gasteiger partial charge in [-0.25, -0.2) is 0 Å². The highest BCUT2D eigenvalue weighted by atomic mass is 16.1. The maximum absolute atomic E-state index is 12.2. The van der Waals surface area contributed by atoms with Gasteiger partial charge in [0.2, 0.25) is 0 Å². The van der Waals surface area contributed by atoms with Crippen molar-refractivity contribution in [1.29, 1.82) is 0 Å². The molecule has 4 unspecified atom stereocenters. The Kier molecular flexibility index (Phi) is 14.2. The molecule has 0 aromatic rings. The Morgan fingerprint density at radius 2 is 1.21 bits per heavy atom. The van der Waals surface area contributed by atoms with Crippen LogP contribution in [0.3, 0.4) is 0 Å². The molecule has 0 aromatic carbocycles. The Balaban J connectivity index is 1.67. The second-order valence-corrected chi connectivity index (χ2v) is 14.9. The van der Waals surface area contributed by atoms with Crippen molar-refractivity contribution in [2.75, 3.05) is 0 Å². The molecule has 2 aliphatic rings. The Labute approximate surface area is 259 Å². The van der Waals surface area contributed by atoms with Gasteiger partial charge in [0.1, 0.15) is 0 Å². The number of Topliss-reactive ketones (excluding diaryl/α,β-unsaturated/α-hetero) is 2. The minimum Gasteiger partial charge on any atom is -0.295 e. The van der Waals surface area contributed by atoms with Crippen LogP contribution in [0.1, 0.15) is 133 Å². The van der Waals surface area contributed by atoms with Gasteiger partial charge in [0.15, 0.2) is 11.6 Å². The molecule has 0 bridgehead atoms. The second-order valence-electron chi connectivity index (χ2n) is 14.9. The van der Waals surface area contributed by atoms with Gasteiger partial charge in [-0.1, -0.05) is 117 Å². The van der Waals surface area contributed by atoms with Gasteiger partial charge in [-0.15, -0.1) is 0 Å². The first-order valence-corrected chi connectivity index (χ1v) is 16.8. The van der Waals surface area contributed by atoms with E-state index in [0.717, 1.165) is 42.7 Å². The lowest BCUT2D eigenvalue weighted by Gasteiger charge is -2.32. The molecular weight excluding hydrogens is 512 g/mol. The van der Waals surface area contributed by atoms with E-state index in [4.69, 9.17) is 0 Å². The Morgan fingerprint density at radius 3 is 1.79 bits per heavy atom. The zero-order valence-electron chi connectivity index (χ0n) is 28.8. The fourth-order valence-electron chi connectivity index (χ4n) is 6.41. The van der Waals surface area contributed by atoms with Crippen LogP contribution in [0.5, 0.6) is 0 Å². The lowest BCUT2D eigenvalue weighted by Crippen LogP contribution is -2.24. The fraction of sp³-hybridized carbons (Fsp3) is 0.650. The smallest absolute Gasteiger partial charge is 0.158 e. The normalized spacial score (nSPS) is 22.7. The first-order chi connectivity index (χ1) is 19.6. The maximum atomic E-state index is 12.2. The van der Waals surface area contributed by atoms with Gasteiger partial charge >= 0.3 is 0 Å². The highest BCUT2D eigenvalue weighted by Crippen LogP contribution is 2.40. The number of carbonyl (C=O) groups is 2. The van der Waals surface area contributed by atoms with Gasteiger partial charge in [0, 0.05) is 12.8 Å². The Morgan fingerprint density at radius 1 is 0.667 bits per heavy atom. The van der Waals surface area contributed by atoms with E-state index in [1.54, 1.807) is 0 Å². The molecular formula is C40H62O2. The third-order valence-electron chi connectivity index (χ3n) is 9.81. The van der Waals surface area contributed by atoms with Gasteiger partial charge in [-0.2, -0.15) is 0 Å². The predicted octanol–water partition coefficient (Wildman–Crippen LogP) is 11.5. The third-order valence-corrected chi connectivity index (χ3v) is 9.81. The topological polar surface area (TPSA) is 34.1 Å². The molecule has 4 atom stereocenters. The first-order valence-electron chi connectivity index (χ1n) is 16.8. The minimum absolute atomic E-state index is 0.0807. The lowest BCUT2D eigenvalue weighted by molar-refractivity contribution is -0.117. The number of ketones is 2. The Bertz CT molecular complexity index is 1100. The number of carbonyl (C=O) groups excluding carboxylic acids is 2. The first kappa shape index (κ1) is 36.0. The molecule has 0 radical (unpaired) electrons. The molecule has 0 saturated heterocycles. The van der Waals surface area contributed by atoms with Crippen LogP contribution in [-0.2, 0) is 9.59 Å². The van der Waals surface area contributed by atoms with Crippen LogP contribution in [0, 0.1) is 34.5 Å². The van der Waals surface area contributed by atoms with Gasteiger partial charge in [0.25, 0.3) is 0 Å². The van der Waals surface area contributed by atoms with Crippen molar-refractivity contribution in [3.8, 4) is 0 Å². The van der Waals surface area contributed by atoms with Gasteiger partial charge in [-0.3, -0.25) is 9.59 Å². The molecule has 234 valence electrons. The summed E-state index contributed by atoms with van der Waals surface area (Å²) in [5, 5.41) is 0. The largest absolute Gasteiger partial charge is 0.295 e. The van der Waals surface area contributed by atoms with Crippen molar-refractivity contribution in [3.05, 3.63) is 70.9 Å². The minimum atomic E-state index is 0.0807. The molecule has 2 aliphatic carbocycles. The van der Waals surface area contributed by atoms with E-state index in [-0.39, 0.29) is 10.8 Å². The molecule has 0 N–H and O–H groups in total. The van der Waals surface area contributed by atoms with Gasteiger partial charge in [-0.05, 0) is 109 Å². The standard InChI is InChI=1S/C40H62O2/c1-29(17-13-19-31(3)21-23-35-33(5)37(41)25-27-39(35,7)8)15-11-12-16-30(2)18-14-20-32(4)22-24-36-34(6)38(42)26-28-40(36,9)10/h11,13,15,19,21-24,29-32H,12,14,16-18,20,25-28H2,1-10H3/b15-11+,19-13+,23-21+,24-22+. The summed E-state index contributed by atoms with van der Waals surface area (Å²) < 4.78 is 0. The highest BCUT2D eigenvalue weighted by molar-refractivity contribution is 5.97. The van der Waals surface area contributed by atoms with E-state index in [1.807, 2.05) is 13.8 Å². The van der Waals surface area contributed by atoms with Crippen molar-refractivity contribution >= 4 is 11.6 Å². The van der Waals surface area contributed by atoms with Crippen LogP contribution >= 0.6 is 0 Å². The number of allylic oxidation sites excluding steroid dienone is 12. The van der Waals surface area contributed by atoms with Crippen molar-refractivity contribution in [1.82, 2.24) is 0 Å². The number of hydrogen-bond acceptors (Lipinski definition) is 2. The number of hydrogen-bond donors (Lipinski definition) is 0. The molecule has 42 heavy (non-hydrogen) atoms. The van der Waals surface area contributed by atoms with Crippen LogP contribution in [0.2, 0.25) is 0 Å². The Hall–Kier alpha value is -2.22. The molecule has 0 saturated carbocycles. The molecule has 0 aromatic heterocycles. The fourth-order valence-corrected chi connectivity index (χ4v) is 6.41. The predicted molar refractivity (Wildman–Crippen MR) is 182 cm³/mol. The molecule has 0 fully saturated rings. The van der Waals surface area contributed by atoms with Crippen LogP contribution in [-0.4, -0.2) is 11.6 Å². The van der Waals surface area contributed by atoms with Gasteiger partial charge < -0.3 is 0 Å². The third kappa shape index (κ3) is 11.5. The summed E-state index contributed by atoms with van der Waals surface area (Å²) in [4.78, 5) is 24.4. The van der Waals surface area contributed by atoms with E-state index in [1.165, 1.54) is 36.8 Å². The van der Waals surface area contributed by atoms with Gasteiger partial charge in [0.05, 0.1) is 0 Å². The summed E-state index contributed by atoms with van der Waals surface area (Å²) in [6.45, 7) is 22.2. The van der Waals surface area contributed by atoms with E-state index >= 15 is 0 Å². The lowest BCUT2D eigenvalue weighted by atomic mass is 9.72. The average molecular weight is 575 g/mol. The summed E-state index contributed by atoms with van der Waals surface area (Å²) in [5.74, 6) is 2.82. The summed E-state index contributed by atoms with van der Waals surface area (Å²) >= 11 is 0. The van der Waals surface area contributed by atoms with Crippen molar-refractivity contribution < 1.29 is 9.59 Å². The van der Waals surface area contributed by atoms with E-state index in [9.17, 15) is 9.59 Å². The van der Waals surface area contributed by atoms with Crippen molar-refractivity contribution in [2.45, 2.75) is 133 Å². The summed E-state index contributed by atoms with van der Waals surface area (Å²) in [7, 11) is 0. The van der Waals surface area contributed by atoms with E-state index < -0.39 is 0 Å². The zero-order valence-corrected chi connectivity index (χ0v) is 28.8. The van der Waals surface area contributed by atoms with Crippen molar-refractivity contribution in [2.24, 2.45) is 34.5 Å². The van der Waals surface area contributed by atoms with Crippen LogP contribution in [0.15, 0.2) is 70.9 Å².